The minimum Gasteiger partial charge on any atom is -0.350 e. The van der Waals surface area contributed by atoms with Gasteiger partial charge in [0.15, 0.2) is 6.29 Å². The van der Waals surface area contributed by atoms with Crippen LogP contribution in [0.25, 0.3) is 0 Å². The van der Waals surface area contributed by atoms with Crippen LogP contribution in [0.3, 0.4) is 0 Å². The molecule has 11 heavy (non-hydrogen) atoms. The molecular formula is C9H19O2. The van der Waals surface area contributed by atoms with Crippen LogP contribution in [0.4, 0.5) is 0 Å². The highest BCUT2D eigenvalue weighted by Gasteiger charge is 2.01. The van der Waals surface area contributed by atoms with Crippen LogP contribution in [0.2, 0.25) is 0 Å². The molecule has 0 rings (SSSR count). The van der Waals surface area contributed by atoms with Gasteiger partial charge in [-0.2, -0.15) is 0 Å². The smallest absolute Gasteiger partial charge is 0.191 e. The maximum Gasteiger partial charge on any atom is 0.191 e. The highest BCUT2D eigenvalue weighted by atomic mass is 16.6. The van der Waals surface area contributed by atoms with Crippen LogP contribution in [0, 0.1) is 5.92 Å². The van der Waals surface area contributed by atoms with Gasteiger partial charge in [0.2, 0.25) is 0 Å². The summed E-state index contributed by atoms with van der Waals surface area (Å²) in [6.07, 6.45) is 1.93. The Morgan fingerprint density at radius 1 is 1.36 bits per heavy atom. The van der Waals surface area contributed by atoms with Crippen LogP contribution in [0.1, 0.15) is 40.0 Å². The molecule has 1 radical (unpaired) electrons. The number of ether oxygens (including phenoxy) is 1. The quantitative estimate of drug-likeness (QED) is 0.432. The van der Waals surface area contributed by atoms with E-state index in [1.165, 1.54) is 0 Å². The summed E-state index contributed by atoms with van der Waals surface area (Å²) < 4.78 is 4.99. The van der Waals surface area contributed by atoms with Gasteiger partial charge in [0.1, 0.15) is 0 Å². The Hall–Kier alpha value is -0.0800. The lowest BCUT2D eigenvalue weighted by Crippen LogP contribution is -2.09. The zero-order valence-electron chi connectivity index (χ0n) is 7.80. The highest BCUT2D eigenvalue weighted by molar-refractivity contribution is 4.45. The first kappa shape index (κ1) is 10.9. The number of hydrogen-bond donors (Lipinski definition) is 0. The summed E-state index contributed by atoms with van der Waals surface area (Å²) >= 11 is 0. The van der Waals surface area contributed by atoms with Gasteiger partial charge in [-0.15, -0.1) is 0 Å². The molecule has 0 fully saturated rings. The first-order valence-corrected chi connectivity index (χ1v) is 4.44. The zero-order valence-corrected chi connectivity index (χ0v) is 7.80. The van der Waals surface area contributed by atoms with E-state index in [4.69, 9.17) is 4.74 Å². The molecule has 0 N–H and O–H groups in total. The van der Waals surface area contributed by atoms with E-state index in [0.29, 0.717) is 18.9 Å². The van der Waals surface area contributed by atoms with Crippen LogP contribution in [0.15, 0.2) is 0 Å². The van der Waals surface area contributed by atoms with Crippen molar-refractivity contribution in [2.24, 2.45) is 5.92 Å². The second-order valence-electron chi connectivity index (χ2n) is 3.24. The number of rotatable bonds is 6. The Kier molecular flexibility index (Phi) is 6.57. The monoisotopic (exact) mass is 159 g/mol. The van der Waals surface area contributed by atoms with E-state index in [0.717, 1.165) is 12.8 Å². The van der Waals surface area contributed by atoms with Gasteiger partial charge in [-0.25, -0.2) is 5.11 Å². The Morgan fingerprint density at radius 2 is 2.00 bits per heavy atom. The third kappa shape index (κ3) is 7.82. The second kappa shape index (κ2) is 6.62. The lowest BCUT2D eigenvalue weighted by molar-refractivity contribution is -0.141. The minimum absolute atomic E-state index is 0.571. The Labute approximate surface area is 69.6 Å². The maximum absolute atomic E-state index is 10.7. The minimum atomic E-state index is -0.804. The van der Waals surface area contributed by atoms with E-state index in [1.54, 1.807) is 0 Å². The Bertz CT molecular complexity index is 81.6. The van der Waals surface area contributed by atoms with Crippen LogP contribution in [-0.2, 0) is 9.84 Å². The Balaban J connectivity index is 3.01. The molecule has 0 aliphatic rings. The first-order valence-electron chi connectivity index (χ1n) is 4.44. The van der Waals surface area contributed by atoms with Crippen LogP contribution >= 0.6 is 0 Å². The fourth-order valence-electron chi connectivity index (χ4n) is 0.824. The van der Waals surface area contributed by atoms with Gasteiger partial charge in [-0.1, -0.05) is 20.8 Å². The largest absolute Gasteiger partial charge is 0.350 e. The van der Waals surface area contributed by atoms with Gasteiger partial charge in [0.25, 0.3) is 0 Å². The van der Waals surface area contributed by atoms with Gasteiger partial charge in [0, 0.05) is 6.61 Å². The van der Waals surface area contributed by atoms with Crippen LogP contribution in [-0.4, -0.2) is 12.9 Å². The molecule has 0 aromatic heterocycles. The molecule has 0 heterocycles. The third-order valence-corrected chi connectivity index (χ3v) is 1.56. The molecule has 2 heteroatoms. The fraction of sp³-hybridized carbons (Fsp3) is 1.00. The zero-order chi connectivity index (χ0) is 8.69. The fourth-order valence-corrected chi connectivity index (χ4v) is 0.824. The molecule has 0 aliphatic carbocycles. The maximum atomic E-state index is 10.7. The van der Waals surface area contributed by atoms with Crippen LogP contribution < -0.4 is 0 Å². The average Bonchev–Trinajstić information content (AvgIpc) is 1.97. The summed E-state index contributed by atoms with van der Waals surface area (Å²) in [7, 11) is 0. The number of hydrogen-bond acceptors (Lipinski definition) is 1. The second-order valence-corrected chi connectivity index (χ2v) is 3.24. The van der Waals surface area contributed by atoms with E-state index >= 15 is 0 Å². The van der Waals surface area contributed by atoms with Crippen molar-refractivity contribution in [1.82, 2.24) is 0 Å². The van der Waals surface area contributed by atoms with Crippen molar-refractivity contribution in [3.63, 3.8) is 0 Å². The van der Waals surface area contributed by atoms with Crippen molar-refractivity contribution in [1.29, 1.82) is 0 Å². The molecule has 0 spiro atoms. The standard InChI is InChI=1S/C9H19O2/c1-4-9(10)11-7-5-6-8(2)3/h8-9H,4-7H2,1-3H3. The van der Waals surface area contributed by atoms with E-state index in [9.17, 15) is 5.11 Å². The molecule has 0 aromatic carbocycles. The predicted octanol–water partition coefficient (Wildman–Crippen LogP) is 2.61. The molecule has 67 valence electrons. The average molecular weight is 159 g/mol. The lowest BCUT2D eigenvalue weighted by atomic mass is 10.1. The molecule has 0 saturated carbocycles. The molecule has 0 bridgehead atoms. The molecule has 0 aliphatic heterocycles. The lowest BCUT2D eigenvalue weighted by Gasteiger charge is -2.08. The van der Waals surface area contributed by atoms with Crippen molar-refractivity contribution >= 4 is 0 Å². The summed E-state index contributed by atoms with van der Waals surface area (Å²) in [6.45, 7) is 6.82. The van der Waals surface area contributed by atoms with Crippen molar-refractivity contribution in [3.8, 4) is 0 Å². The predicted molar refractivity (Wildman–Crippen MR) is 44.8 cm³/mol. The Morgan fingerprint density at radius 3 is 2.45 bits per heavy atom. The molecule has 1 unspecified atom stereocenters. The normalized spacial score (nSPS) is 13.9. The molecule has 0 amide bonds. The molecular weight excluding hydrogens is 140 g/mol. The van der Waals surface area contributed by atoms with E-state index in [2.05, 4.69) is 13.8 Å². The highest BCUT2D eigenvalue weighted by Crippen LogP contribution is 2.04. The molecule has 0 saturated heterocycles. The summed E-state index contributed by atoms with van der Waals surface area (Å²) in [5, 5.41) is 10.7. The van der Waals surface area contributed by atoms with Gasteiger partial charge in [-0.05, 0) is 25.2 Å². The van der Waals surface area contributed by atoms with Gasteiger partial charge in [-0.3, -0.25) is 0 Å². The summed E-state index contributed by atoms with van der Waals surface area (Å²) in [6, 6.07) is 0. The van der Waals surface area contributed by atoms with Gasteiger partial charge >= 0.3 is 0 Å². The van der Waals surface area contributed by atoms with Gasteiger partial charge in [0.05, 0.1) is 0 Å². The van der Waals surface area contributed by atoms with E-state index in [-0.39, 0.29) is 0 Å². The van der Waals surface area contributed by atoms with E-state index < -0.39 is 6.29 Å². The third-order valence-electron chi connectivity index (χ3n) is 1.56. The summed E-state index contributed by atoms with van der Waals surface area (Å²) in [5.74, 6) is 0.713. The molecule has 2 nitrogen and oxygen atoms in total. The summed E-state index contributed by atoms with van der Waals surface area (Å²) in [5.41, 5.74) is 0. The van der Waals surface area contributed by atoms with Crippen molar-refractivity contribution < 1.29 is 9.84 Å². The van der Waals surface area contributed by atoms with Gasteiger partial charge < -0.3 is 4.74 Å². The summed E-state index contributed by atoms with van der Waals surface area (Å²) in [4.78, 5) is 0. The van der Waals surface area contributed by atoms with Crippen LogP contribution in [0.5, 0.6) is 0 Å². The van der Waals surface area contributed by atoms with Crippen molar-refractivity contribution in [3.05, 3.63) is 0 Å². The molecule has 1 atom stereocenters. The van der Waals surface area contributed by atoms with E-state index in [1.807, 2.05) is 6.92 Å². The topological polar surface area (TPSA) is 29.1 Å². The SMILES string of the molecule is CCC([O])OCCCC(C)C. The van der Waals surface area contributed by atoms with Crippen molar-refractivity contribution in [2.75, 3.05) is 6.61 Å². The van der Waals surface area contributed by atoms with Crippen molar-refractivity contribution in [2.45, 2.75) is 46.3 Å². The first-order chi connectivity index (χ1) is 5.16. The molecule has 0 aromatic rings.